The number of benzene rings is 1. The van der Waals surface area contributed by atoms with Crippen LogP contribution in [0.3, 0.4) is 0 Å². The fourth-order valence-corrected chi connectivity index (χ4v) is 1.91. The molecule has 0 aliphatic heterocycles. The lowest BCUT2D eigenvalue weighted by atomic mass is 10.1. The van der Waals surface area contributed by atoms with Crippen LogP contribution in [0.15, 0.2) is 29.3 Å². The topological polar surface area (TPSA) is 56.7 Å². The lowest BCUT2D eigenvalue weighted by Gasteiger charge is -2.13. The average molecular weight is 290 g/mol. The molecule has 0 aliphatic carbocycles. The Kier molecular flexibility index (Phi) is 7.29. The van der Waals surface area contributed by atoms with Crippen molar-refractivity contribution in [3.05, 3.63) is 35.4 Å². The molecule has 1 rings (SSSR count). The van der Waals surface area contributed by atoms with Crippen LogP contribution >= 0.6 is 0 Å². The summed E-state index contributed by atoms with van der Waals surface area (Å²) in [6, 6.07) is 7.76. The second kappa shape index (κ2) is 9.00. The van der Waals surface area contributed by atoms with Gasteiger partial charge in [-0.05, 0) is 30.5 Å². The van der Waals surface area contributed by atoms with Crippen molar-refractivity contribution < 1.29 is 4.79 Å². The summed E-state index contributed by atoms with van der Waals surface area (Å²) in [4.78, 5) is 17.7. The number of aliphatic imine (C=N–C) groups is 1. The normalized spacial score (nSPS) is 11.1. The molecule has 21 heavy (non-hydrogen) atoms. The van der Waals surface area contributed by atoms with Crippen molar-refractivity contribution >= 4 is 11.9 Å². The Balaban J connectivity index is 2.52. The van der Waals surface area contributed by atoms with E-state index >= 15 is 0 Å². The Bertz CT molecular complexity index is 483. The summed E-state index contributed by atoms with van der Waals surface area (Å²) >= 11 is 0. The molecule has 0 atom stereocenters. The van der Waals surface area contributed by atoms with Crippen LogP contribution in [0.25, 0.3) is 0 Å². The Morgan fingerprint density at radius 1 is 1.24 bits per heavy atom. The number of carbonyl (C=O) groups is 1. The number of nitrogens with one attached hydrogen (secondary N) is 2. The van der Waals surface area contributed by atoms with Crippen molar-refractivity contribution in [2.45, 2.75) is 19.8 Å². The van der Waals surface area contributed by atoms with Gasteiger partial charge in [-0.2, -0.15) is 0 Å². The highest BCUT2D eigenvalue weighted by molar-refractivity contribution is 5.94. The molecule has 5 heteroatoms. The summed E-state index contributed by atoms with van der Waals surface area (Å²) in [5.41, 5.74) is 1.87. The molecular weight excluding hydrogens is 264 g/mol. The van der Waals surface area contributed by atoms with E-state index in [4.69, 9.17) is 0 Å². The fourth-order valence-electron chi connectivity index (χ4n) is 1.91. The van der Waals surface area contributed by atoms with E-state index in [0.717, 1.165) is 43.0 Å². The number of amides is 1. The maximum absolute atomic E-state index is 11.9. The van der Waals surface area contributed by atoms with Crippen molar-refractivity contribution in [2.75, 3.05) is 34.2 Å². The molecule has 0 saturated carbocycles. The van der Waals surface area contributed by atoms with E-state index in [1.54, 1.807) is 26.0 Å². The van der Waals surface area contributed by atoms with Gasteiger partial charge in [0, 0.05) is 39.8 Å². The quantitative estimate of drug-likeness (QED) is 0.617. The van der Waals surface area contributed by atoms with Gasteiger partial charge in [0.15, 0.2) is 5.96 Å². The van der Waals surface area contributed by atoms with Crippen molar-refractivity contribution in [1.29, 1.82) is 0 Å². The molecule has 0 fully saturated rings. The molecule has 0 radical (unpaired) electrons. The van der Waals surface area contributed by atoms with E-state index in [1.165, 1.54) is 0 Å². The lowest BCUT2D eigenvalue weighted by molar-refractivity contribution is 0.0827. The highest BCUT2D eigenvalue weighted by atomic mass is 16.2. The summed E-state index contributed by atoms with van der Waals surface area (Å²) in [5.74, 6) is 0.850. The molecule has 5 nitrogen and oxygen atoms in total. The molecule has 0 spiro atoms. The first-order valence-corrected chi connectivity index (χ1v) is 7.33. The monoisotopic (exact) mass is 290 g/mol. The zero-order chi connectivity index (χ0) is 15.7. The van der Waals surface area contributed by atoms with Crippen LogP contribution < -0.4 is 10.6 Å². The average Bonchev–Trinajstić information content (AvgIpc) is 2.50. The van der Waals surface area contributed by atoms with Gasteiger partial charge < -0.3 is 15.5 Å². The largest absolute Gasteiger partial charge is 0.356 e. The van der Waals surface area contributed by atoms with E-state index in [9.17, 15) is 4.79 Å². The minimum atomic E-state index is 0.0326. The van der Waals surface area contributed by atoms with Gasteiger partial charge >= 0.3 is 0 Å². The first-order valence-electron chi connectivity index (χ1n) is 7.33. The molecule has 0 aliphatic rings. The van der Waals surface area contributed by atoms with Gasteiger partial charge in [0.05, 0.1) is 0 Å². The number of guanidine groups is 1. The second-order valence-electron chi connectivity index (χ2n) is 5.08. The fraction of sp³-hybridized carbons (Fsp3) is 0.500. The van der Waals surface area contributed by atoms with Crippen LogP contribution in [-0.2, 0) is 6.42 Å². The van der Waals surface area contributed by atoms with Crippen molar-refractivity contribution in [2.24, 2.45) is 4.99 Å². The minimum absolute atomic E-state index is 0.0326. The first kappa shape index (κ1) is 17.0. The zero-order valence-electron chi connectivity index (χ0n) is 13.4. The van der Waals surface area contributed by atoms with Gasteiger partial charge in [-0.25, -0.2) is 0 Å². The summed E-state index contributed by atoms with van der Waals surface area (Å²) in [6.45, 7) is 3.81. The Morgan fingerprint density at radius 2 is 1.95 bits per heavy atom. The van der Waals surface area contributed by atoms with Gasteiger partial charge in [0.1, 0.15) is 0 Å². The number of hydrogen-bond acceptors (Lipinski definition) is 2. The van der Waals surface area contributed by atoms with E-state index < -0.39 is 0 Å². The van der Waals surface area contributed by atoms with E-state index in [1.807, 2.05) is 24.3 Å². The van der Waals surface area contributed by atoms with Gasteiger partial charge in [0.2, 0.25) is 0 Å². The van der Waals surface area contributed by atoms with Crippen LogP contribution in [0.1, 0.15) is 29.3 Å². The van der Waals surface area contributed by atoms with Gasteiger partial charge in [-0.15, -0.1) is 0 Å². The van der Waals surface area contributed by atoms with Gasteiger partial charge in [-0.1, -0.05) is 19.1 Å². The third kappa shape index (κ3) is 5.85. The molecule has 0 heterocycles. The molecule has 2 N–H and O–H groups in total. The van der Waals surface area contributed by atoms with Gasteiger partial charge in [-0.3, -0.25) is 9.79 Å². The molecule has 1 aromatic rings. The third-order valence-corrected chi connectivity index (χ3v) is 3.05. The van der Waals surface area contributed by atoms with Crippen LogP contribution in [0.5, 0.6) is 0 Å². The van der Waals surface area contributed by atoms with Crippen LogP contribution in [0, 0.1) is 0 Å². The van der Waals surface area contributed by atoms with Crippen molar-refractivity contribution in [3.63, 3.8) is 0 Å². The van der Waals surface area contributed by atoms with Crippen LogP contribution in [0.2, 0.25) is 0 Å². The molecule has 0 unspecified atom stereocenters. The predicted octanol–water partition coefficient (Wildman–Crippen LogP) is 1.51. The molecule has 0 bridgehead atoms. The maximum atomic E-state index is 11.9. The molecule has 1 aromatic carbocycles. The highest BCUT2D eigenvalue weighted by Crippen LogP contribution is 2.07. The molecule has 0 aromatic heterocycles. The molecule has 116 valence electrons. The van der Waals surface area contributed by atoms with Crippen molar-refractivity contribution in [1.82, 2.24) is 15.5 Å². The third-order valence-electron chi connectivity index (χ3n) is 3.05. The first-order chi connectivity index (χ1) is 10.1. The van der Waals surface area contributed by atoms with E-state index in [2.05, 4.69) is 22.5 Å². The number of hydrogen-bond donors (Lipinski definition) is 2. The van der Waals surface area contributed by atoms with E-state index in [0.29, 0.717) is 0 Å². The maximum Gasteiger partial charge on any atom is 0.253 e. The van der Waals surface area contributed by atoms with Crippen LogP contribution in [-0.4, -0.2) is 51.0 Å². The Morgan fingerprint density at radius 3 is 2.57 bits per heavy atom. The molecule has 0 saturated heterocycles. The summed E-state index contributed by atoms with van der Waals surface area (Å²) in [7, 11) is 5.29. The standard InChI is InChI=1S/C16H26N4O/c1-5-10-18-16(17-2)19-11-9-13-7-6-8-14(12-13)15(21)20(3)4/h6-8,12H,5,9-11H2,1-4H3,(H2,17,18,19). The van der Waals surface area contributed by atoms with Gasteiger partial charge in [0.25, 0.3) is 5.91 Å². The SMILES string of the molecule is CCCNC(=NC)NCCc1cccc(C(=O)N(C)C)c1. The smallest absolute Gasteiger partial charge is 0.253 e. The number of nitrogens with zero attached hydrogens (tertiary/aromatic N) is 2. The molecular formula is C16H26N4O. The number of rotatable bonds is 6. The summed E-state index contributed by atoms with van der Waals surface area (Å²) in [5, 5.41) is 6.50. The summed E-state index contributed by atoms with van der Waals surface area (Å²) in [6.07, 6.45) is 1.91. The number of carbonyl (C=O) groups excluding carboxylic acids is 1. The lowest BCUT2D eigenvalue weighted by Crippen LogP contribution is -2.38. The zero-order valence-corrected chi connectivity index (χ0v) is 13.4. The van der Waals surface area contributed by atoms with E-state index in [-0.39, 0.29) is 5.91 Å². The Hall–Kier alpha value is -2.04. The predicted molar refractivity (Wildman–Crippen MR) is 87.8 cm³/mol. The van der Waals surface area contributed by atoms with Crippen molar-refractivity contribution in [3.8, 4) is 0 Å². The second-order valence-corrected chi connectivity index (χ2v) is 5.08. The summed E-state index contributed by atoms with van der Waals surface area (Å²) < 4.78 is 0. The highest BCUT2D eigenvalue weighted by Gasteiger charge is 2.08. The Labute approximate surface area is 127 Å². The molecule has 1 amide bonds. The minimum Gasteiger partial charge on any atom is -0.356 e. The van der Waals surface area contributed by atoms with Crippen LogP contribution in [0.4, 0.5) is 0 Å².